The van der Waals surface area contributed by atoms with Crippen LogP contribution in [0.1, 0.15) is 25.3 Å². The molecule has 1 aromatic heterocycles. The second-order valence-corrected chi connectivity index (χ2v) is 6.91. The van der Waals surface area contributed by atoms with Crippen LogP contribution < -0.4 is 10.0 Å². The number of ether oxygens (including phenoxy) is 1. The third-order valence-electron chi connectivity index (χ3n) is 3.55. The highest BCUT2D eigenvalue weighted by Crippen LogP contribution is 2.14. The van der Waals surface area contributed by atoms with Gasteiger partial charge in [-0.2, -0.15) is 0 Å². The Morgan fingerprint density at radius 3 is 2.71 bits per heavy atom. The van der Waals surface area contributed by atoms with Gasteiger partial charge in [-0.3, -0.25) is 0 Å². The van der Waals surface area contributed by atoms with E-state index in [1.54, 1.807) is 18.3 Å². The van der Waals surface area contributed by atoms with Crippen LogP contribution >= 0.6 is 0 Å². The molecule has 0 bridgehead atoms. The zero-order valence-corrected chi connectivity index (χ0v) is 13.2. The summed E-state index contributed by atoms with van der Waals surface area (Å²) in [6, 6.07) is 3.34. The summed E-state index contributed by atoms with van der Waals surface area (Å²) in [4.78, 5) is 4.05. The third kappa shape index (κ3) is 5.03. The molecule has 0 amide bonds. The normalized spacial score (nSPS) is 17.0. The van der Waals surface area contributed by atoms with Crippen LogP contribution in [-0.4, -0.2) is 39.7 Å². The van der Waals surface area contributed by atoms with E-state index in [1.165, 1.54) is 0 Å². The second kappa shape index (κ2) is 7.84. The lowest BCUT2D eigenvalue weighted by Crippen LogP contribution is -2.32. The Bertz CT molecular complexity index is 525. The summed E-state index contributed by atoms with van der Waals surface area (Å²) >= 11 is 0. The Morgan fingerprint density at radius 2 is 2.10 bits per heavy atom. The molecule has 0 unspecified atom stereocenters. The fourth-order valence-electron chi connectivity index (χ4n) is 2.20. The van der Waals surface area contributed by atoms with E-state index in [4.69, 9.17) is 4.74 Å². The van der Waals surface area contributed by atoms with Crippen LogP contribution in [0.25, 0.3) is 0 Å². The lowest BCUT2D eigenvalue weighted by atomic mass is 10.0. The summed E-state index contributed by atoms with van der Waals surface area (Å²) in [6.07, 6.45) is 3.40. The zero-order chi connectivity index (χ0) is 15.1. The monoisotopic (exact) mass is 313 g/mol. The Balaban J connectivity index is 1.91. The summed E-state index contributed by atoms with van der Waals surface area (Å²) < 4.78 is 32.3. The van der Waals surface area contributed by atoms with Crippen molar-refractivity contribution in [2.75, 3.05) is 26.3 Å². The van der Waals surface area contributed by atoms with Crippen molar-refractivity contribution in [1.29, 1.82) is 0 Å². The highest BCUT2D eigenvalue weighted by molar-refractivity contribution is 7.89. The first kappa shape index (κ1) is 16.4. The molecule has 2 rings (SSSR count). The molecule has 0 aliphatic carbocycles. The van der Waals surface area contributed by atoms with Crippen molar-refractivity contribution in [3.8, 4) is 0 Å². The maximum atomic E-state index is 12.2. The topological polar surface area (TPSA) is 80.3 Å². The first-order valence-corrected chi connectivity index (χ1v) is 8.83. The van der Waals surface area contributed by atoms with Crippen LogP contribution in [0.15, 0.2) is 23.4 Å². The van der Waals surface area contributed by atoms with Gasteiger partial charge in [0.25, 0.3) is 10.0 Å². The number of hydrogen-bond acceptors (Lipinski definition) is 5. The molecule has 0 aromatic carbocycles. The number of sulfonamides is 1. The van der Waals surface area contributed by atoms with E-state index in [9.17, 15) is 8.42 Å². The Labute approximate surface area is 126 Å². The lowest BCUT2D eigenvalue weighted by molar-refractivity contribution is 0.0678. The van der Waals surface area contributed by atoms with Gasteiger partial charge in [-0.15, -0.1) is 0 Å². The molecule has 1 aliphatic rings. The quantitative estimate of drug-likeness (QED) is 0.781. The number of nitrogens with zero attached hydrogens (tertiary/aromatic N) is 1. The van der Waals surface area contributed by atoms with Crippen LogP contribution in [0, 0.1) is 5.92 Å². The lowest BCUT2D eigenvalue weighted by Gasteiger charge is -2.21. The van der Waals surface area contributed by atoms with Crippen molar-refractivity contribution >= 4 is 10.0 Å². The number of rotatable bonds is 7. The smallest absolute Gasteiger partial charge is 0.258 e. The van der Waals surface area contributed by atoms with Gasteiger partial charge in [0.2, 0.25) is 0 Å². The molecule has 2 N–H and O–H groups in total. The van der Waals surface area contributed by atoms with E-state index in [0.29, 0.717) is 32.2 Å². The maximum absolute atomic E-state index is 12.2. The van der Waals surface area contributed by atoms with Gasteiger partial charge in [-0.1, -0.05) is 13.0 Å². The predicted octanol–water partition coefficient (Wildman–Crippen LogP) is 0.896. The van der Waals surface area contributed by atoms with Crippen LogP contribution in [0.5, 0.6) is 0 Å². The molecule has 6 nitrogen and oxygen atoms in total. The van der Waals surface area contributed by atoms with Gasteiger partial charge < -0.3 is 10.1 Å². The fourth-order valence-corrected chi connectivity index (χ4v) is 3.24. The van der Waals surface area contributed by atoms with Gasteiger partial charge in [0.05, 0.1) is 0 Å². The first-order valence-electron chi connectivity index (χ1n) is 7.35. The van der Waals surface area contributed by atoms with Crippen molar-refractivity contribution in [3.63, 3.8) is 0 Å². The highest BCUT2D eigenvalue weighted by atomic mass is 32.2. The molecular weight excluding hydrogens is 290 g/mol. The summed E-state index contributed by atoms with van der Waals surface area (Å²) in [7, 11) is -3.52. The van der Waals surface area contributed by atoms with Crippen molar-refractivity contribution in [2.45, 2.75) is 31.3 Å². The van der Waals surface area contributed by atoms with Crippen LogP contribution in [0.4, 0.5) is 0 Å². The number of pyridine rings is 1. The van der Waals surface area contributed by atoms with Gasteiger partial charge in [-0.25, -0.2) is 18.1 Å². The van der Waals surface area contributed by atoms with Gasteiger partial charge in [-0.05, 0) is 36.9 Å². The largest absolute Gasteiger partial charge is 0.381 e. The van der Waals surface area contributed by atoms with Crippen LogP contribution in [-0.2, 0) is 21.3 Å². The Hall–Kier alpha value is -1.02. The van der Waals surface area contributed by atoms with Gasteiger partial charge in [0, 0.05) is 32.5 Å². The average Bonchev–Trinajstić information content (AvgIpc) is 2.52. The number of aromatic nitrogens is 1. The van der Waals surface area contributed by atoms with Crippen LogP contribution in [0.2, 0.25) is 0 Å². The minimum Gasteiger partial charge on any atom is -0.381 e. The Kier molecular flexibility index (Phi) is 6.10. The number of nitrogens with one attached hydrogen (secondary N) is 2. The van der Waals surface area contributed by atoms with E-state index in [0.717, 1.165) is 24.9 Å². The molecule has 2 heterocycles. The summed E-state index contributed by atoms with van der Waals surface area (Å²) in [5, 5.41) is 3.25. The summed E-state index contributed by atoms with van der Waals surface area (Å²) in [5.41, 5.74) is 0.972. The van der Waals surface area contributed by atoms with Crippen molar-refractivity contribution in [1.82, 2.24) is 15.0 Å². The van der Waals surface area contributed by atoms with Gasteiger partial charge >= 0.3 is 0 Å². The highest BCUT2D eigenvalue weighted by Gasteiger charge is 2.19. The second-order valence-electron chi connectivity index (χ2n) is 5.19. The van der Waals surface area contributed by atoms with Crippen molar-refractivity contribution in [3.05, 3.63) is 23.9 Å². The summed E-state index contributed by atoms with van der Waals surface area (Å²) in [5.74, 6) is 0.349. The fraction of sp³-hybridized carbons (Fsp3) is 0.643. The molecule has 1 aromatic rings. The molecule has 1 aliphatic heterocycles. The van der Waals surface area contributed by atoms with E-state index in [1.807, 2.05) is 6.92 Å². The minimum absolute atomic E-state index is 0.0785. The molecule has 0 atom stereocenters. The average molecular weight is 313 g/mol. The molecule has 118 valence electrons. The SMILES string of the molecule is CCNCc1ccc(S(=O)(=O)NCC2CCOCC2)nc1. The van der Waals surface area contributed by atoms with E-state index >= 15 is 0 Å². The third-order valence-corrected chi connectivity index (χ3v) is 4.89. The predicted molar refractivity (Wildman–Crippen MR) is 80.3 cm³/mol. The minimum atomic E-state index is -3.52. The maximum Gasteiger partial charge on any atom is 0.258 e. The standard InChI is InChI=1S/C14H23N3O3S/c1-2-15-9-13-3-4-14(16-10-13)21(18,19)17-11-12-5-7-20-8-6-12/h3-4,10,12,15,17H,2,5-9,11H2,1H3. The molecule has 0 saturated carbocycles. The van der Waals surface area contributed by atoms with E-state index in [2.05, 4.69) is 15.0 Å². The van der Waals surface area contributed by atoms with E-state index < -0.39 is 10.0 Å². The molecule has 0 radical (unpaired) electrons. The van der Waals surface area contributed by atoms with Gasteiger partial charge in [0.1, 0.15) is 0 Å². The van der Waals surface area contributed by atoms with E-state index in [-0.39, 0.29) is 5.03 Å². The zero-order valence-electron chi connectivity index (χ0n) is 12.3. The number of hydrogen-bond donors (Lipinski definition) is 2. The van der Waals surface area contributed by atoms with Crippen molar-refractivity contribution < 1.29 is 13.2 Å². The van der Waals surface area contributed by atoms with Crippen LogP contribution in [0.3, 0.4) is 0 Å². The summed E-state index contributed by atoms with van der Waals surface area (Å²) in [6.45, 7) is 5.46. The molecule has 1 saturated heterocycles. The van der Waals surface area contributed by atoms with Gasteiger partial charge in [0.15, 0.2) is 5.03 Å². The molecule has 1 fully saturated rings. The Morgan fingerprint density at radius 1 is 1.33 bits per heavy atom. The molecular formula is C14H23N3O3S. The van der Waals surface area contributed by atoms with Crippen molar-refractivity contribution in [2.24, 2.45) is 5.92 Å². The molecule has 0 spiro atoms. The molecule has 21 heavy (non-hydrogen) atoms. The molecule has 7 heteroatoms. The first-order chi connectivity index (χ1) is 10.1.